The molecule has 0 radical (unpaired) electrons. The topological polar surface area (TPSA) is 30.7 Å². The van der Waals surface area contributed by atoms with Gasteiger partial charge in [-0.1, -0.05) is 41.9 Å². The first-order chi connectivity index (χ1) is 11.3. The number of hydrogen-bond donors (Lipinski definition) is 0. The SMILES string of the molecule is Clc1ccccc1Cn1c(-c2cccnc2)nc2ccccc21. The van der Waals surface area contributed by atoms with E-state index in [9.17, 15) is 0 Å². The smallest absolute Gasteiger partial charge is 0.143 e. The Labute approximate surface area is 139 Å². The zero-order valence-corrected chi connectivity index (χ0v) is 13.1. The van der Waals surface area contributed by atoms with Crippen LogP contribution in [0.15, 0.2) is 73.1 Å². The van der Waals surface area contributed by atoms with Crippen molar-refractivity contribution < 1.29 is 0 Å². The molecule has 2 heterocycles. The van der Waals surface area contributed by atoms with Crippen molar-refractivity contribution in [1.82, 2.24) is 14.5 Å². The number of rotatable bonds is 3. The summed E-state index contributed by atoms with van der Waals surface area (Å²) in [7, 11) is 0. The van der Waals surface area contributed by atoms with Gasteiger partial charge in [0.2, 0.25) is 0 Å². The van der Waals surface area contributed by atoms with E-state index in [0.29, 0.717) is 6.54 Å². The van der Waals surface area contributed by atoms with Crippen molar-refractivity contribution in [2.24, 2.45) is 0 Å². The molecule has 4 rings (SSSR count). The molecular weight excluding hydrogens is 306 g/mol. The second-order valence-electron chi connectivity index (χ2n) is 5.34. The highest BCUT2D eigenvalue weighted by atomic mass is 35.5. The number of benzene rings is 2. The molecule has 112 valence electrons. The molecule has 23 heavy (non-hydrogen) atoms. The summed E-state index contributed by atoms with van der Waals surface area (Å²) in [5.74, 6) is 0.902. The molecule has 0 aliphatic carbocycles. The van der Waals surface area contributed by atoms with Crippen LogP contribution in [0.2, 0.25) is 5.02 Å². The van der Waals surface area contributed by atoms with Crippen LogP contribution in [0.3, 0.4) is 0 Å². The van der Waals surface area contributed by atoms with Gasteiger partial charge in [0.05, 0.1) is 17.6 Å². The number of nitrogens with zero attached hydrogens (tertiary/aromatic N) is 3. The Balaban J connectivity index is 1.92. The summed E-state index contributed by atoms with van der Waals surface area (Å²) in [4.78, 5) is 9.01. The summed E-state index contributed by atoms with van der Waals surface area (Å²) < 4.78 is 2.19. The average molecular weight is 320 g/mol. The Bertz CT molecular complexity index is 961. The van der Waals surface area contributed by atoms with Gasteiger partial charge in [-0.05, 0) is 35.9 Å². The molecule has 4 heteroatoms. The molecule has 0 atom stereocenters. The lowest BCUT2D eigenvalue weighted by Crippen LogP contribution is -2.03. The third-order valence-electron chi connectivity index (χ3n) is 3.86. The lowest BCUT2D eigenvalue weighted by atomic mass is 10.2. The summed E-state index contributed by atoms with van der Waals surface area (Å²) in [5.41, 5.74) is 4.13. The zero-order valence-electron chi connectivity index (χ0n) is 12.4. The van der Waals surface area contributed by atoms with Crippen molar-refractivity contribution in [1.29, 1.82) is 0 Å². The first kappa shape index (κ1) is 14.0. The highest BCUT2D eigenvalue weighted by Gasteiger charge is 2.13. The number of imidazole rings is 1. The molecule has 0 spiro atoms. The lowest BCUT2D eigenvalue weighted by molar-refractivity contribution is 0.834. The molecule has 0 bridgehead atoms. The van der Waals surface area contributed by atoms with Crippen LogP contribution in [0.25, 0.3) is 22.4 Å². The molecule has 4 aromatic rings. The van der Waals surface area contributed by atoms with Crippen molar-refractivity contribution in [3.63, 3.8) is 0 Å². The molecule has 0 amide bonds. The Kier molecular flexibility index (Phi) is 3.56. The number of pyridine rings is 1. The molecule has 0 unspecified atom stereocenters. The van der Waals surface area contributed by atoms with Gasteiger partial charge in [0, 0.05) is 23.0 Å². The standard InChI is InChI=1S/C19H14ClN3/c20-16-8-2-1-6-15(16)13-23-18-10-4-3-9-17(18)22-19(23)14-7-5-11-21-12-14/h1-12H,13H2. The lowest BCUT2D eigenvalue weighted by Gasteiger charge is -2.10. The fraction of sp³-hybridized carbons (Fsp3) is 0.0526. The van der Waals surface area contributed by atoms with Crippen LogP contribution in [-0.2, 0) is 6.54 Å². The molecule has 0 fully saturated rings. The van der Waals surface area contributed by atoms with E-state index in [-0.39, 0.29) is 0 Å². The Morgan fingerprint density at radius 2 is 1.74 bits per heavy atom. The zero-order chi connectivity index (χ0) is 15.6. The third kappa shape index (κ3) is 2.60. The minimum Gasteiger partial charge on any atom is -0.319 e. The van der Waals surface area contributed by atoms with E-state index in [1.165, 1.54) is 0 Å². The molecular formula is C19H14ClN3. The van der Waals surface area contributed by atoms with Gasteiger partial charge >= 0.3 is 0 Å². The van der Waals surface area contributed by atoms with Gasteiger partial charge in [-0.15, -0.1) is 0 Å². The van der Waals surface area contributed by atoms with Gasteiger partial charge in [-0.2, -0.15) is 0 Å². The van der Waals surface area contributed by atoms with Crippen LogP contribution in [0.1, 0.15) is 5.56 Å². The average Bonchev–Trinajstić information content (AvgIpc) is 2.96. The number of halogens is 1. The van der Waals surface area contributed by atoms with Crippen LogP contribution in [0.4, 0.5) is 0 Å². The molecule has 0 saturated heterocycles. The molecule has 0 aliphatic rings. The van der Waals surface area contributed by atoms with Gasteiger partial charge in [-0.25, -0.2) is 4.98 Å². The molecule has 2 aromatic carbocycles. The summed E-state index contributed by atoms with van der Waals surface area (Å²) in [6.07, 6.45) is 3.61. The predicted octanol–water partition coefficient (Wildman–Crippen LogP) is 4.80. The summed E-state index contributed by atoms with van der Waals surface area (Å²) in [6, 6.07) is 20.0. The molecule has 2 aromatic heterocycles. The largest absolute Gasteiger partial charge is 0.319 e. The van der Waals surface area contributed by atoms with E-state index in [4.69, 9.17) is 16.6 Å². The van der Waals surface area contributed by atoms with Crippen molar-refractivity contribution in [3.05, 3.63) is 83.6 Å². The maximum Gasteiger partial charge on any atom is 0.143 e. The summed E-state index contributed by atoms with van der Waals surface area (Å²) in [5, 5.41) is 0.766. The van der Waals surface area contributed by atoms with E-state index in [2.05, 4.69) is 15.6 Å². The van der Waals surface area contributed by atoms with Gasteiger partial charge in [0.15, 0.2) is 0 Å². The van der Waals surface area contributed by atoms with Gasteiger partial charge < -0.3 is 4.57 Å². The molecule has 0 saturated carbocycles. The van der Waals surface area contributed by atoms with Gasteiger partial charge in [0.1, 0.15) is 5.82 Å². The van der Waals surface area contributed by atoms with Crippen molar-refractivity contribution in [2.45, 2.75) is 6.54 Å². The molecule has 3 nitrogen and oxygen atoms in total. The van der Waals surface area contributed by atoms with E-state index in [0.717, 1.165) is 33.0 Å². The van der Waals surface area contributed by atoms with Crippen molar-refractivity contribution >= 4 is 22.6 Å². The first-order valence-electron chi connectivity index (χ1n) is 7.42. The molecule has 0 aliphatic heterocycles. The van der Waals surface area contributed by atoms with E-state index >= 15 is 0 Å². The van der Waals surface area contributed by atoms with Crippen molar-refractivity contribution in [3.8, 4) is 11.4 Å². The number of fused-ring (bicyclic) bond motifs is 1. The normalized spacial score (nSPS) is 11.0. The van der Waals surface area contributed by atoms with Gasteiger partial charge in [-0.3, -0.25) is 4.98 Å². The monoisotopic (exact) mass is 319 g/mol. The summed E-state index contributed by atoms with van der Waals surface area (Å²) in [6.45, 7) is 0.671. The maximum atomic E-state index is 6.34. The van der Waals surface area contributed by atoms with Crippen molar-refractivity contribution in [2.75, 3.05) is 0 Å². The van der Waals surface area contributed by atoms with E-state index in [1.54, 1.807) is 6.20 Å². The van der Waals surface area contributed by atoms with Crippen LogP contribution in [0, 0.1) is 0 Å². The van der Waals surface area contributed by atoms with Gasteiger partial charge in [0.25, 0.3) is 0 Å². The minimum absolute atomic E-state index is 0.671. The minimum atomic E-state index is 0.671. The first-order valence-corrected chi connectivity index (χ1v) is 7.80. The number of aromatic nitrogens is 3. The maximum absolute atomic E-state index is 6.34. The molecule has 0 N–H and O–H groups in total. The highest BCUT2D eigenvalue weighted by molar-refractivity contribution is 6.31. The quantitative estimate of drug-likeness (QED) is 0.543. The third-order valence-corrected chi connectivity index (χ3v) is 4.23. The second kappa shape index (κ2) is 5.86. The van der Waals surface area contributed by atoms with Crippen LogP contribution in [-0.4, -0.2) is 14.5 Å². The second-order valence-corrected chi connectivity index (χ2v) is 5.75. The predicted molar refractivity (Wildman–Crippen MR) is 93.5 cm³/mol. The number of hydrogen-bond acceptors (Lipinski definition) is 2. The van der Waals surface area contributed by atoms with Crippen LogP contribution < -0.4 is 0 Å². The van der Waals surface area contributed by atoms with Crippen LogP contribution >= 0.6 is 11.6 Å². The van der Waals surface area contributed by atoms with E-state index < -0.39 is 0 Å². The Morgan fingerprint density at radius 3 is 2.57 bits per heavy atom. The number of para-hydroxylation sites is 2. The highest BCUT2D eigenvalue weighted by Crippen LogP contribution is 2.27. The summed E-state index contributed by atoms with van der Waals surface area (Å²) >= 11 is 6.34. The van der Waals surface area contributed by atoms with E-state index in [1.807, 2.05) is 60.8 Å². The Morgan fingerprint density at radius 1 is 0.913 bits per heavy atom. The fourth-order valence-corrected chi connectivity index (χ4v) is 2.94. The fourth-order valence-electron chi connectivity index (χ4n) is 2.75. The van der Waals surface area contributed by atoms with Crippen LogP contribution in [0.5, 0.6) is 0 Å². The Hall–Kier alpha value is -2.65.